The largest absolute Gasteiger partial charge is 0.497 e. The summed E-state index contributed by atoms with van der Waals surface area (Å²) in [6.45, 7) is 1.97. The molecule has 3 unspecified atom stereocenters. The molecule has 1 saturated carbocycles. The van der Waals surface area contributed by atoms with E-state index in [-0.39, 0.29) is 23.8 Å². The van der Waals surface area contributed by atoms with Crippen LogP contribution in [-0.2, 0) is 16.0 Å². The minimum Gasteiger partial charge on any atom is -0.497 e. The van der Waals surface area contributed by atoms with Gasteiger partial charge in [-0.25, -0.2) is 0 Å². The molecular weight excluding hydrogens is 294 g/mol. The van der Waals surface area contributed by atoms with E-state index in [9.17, 15) is 9.59 Å². The smallest absolute Gasteiger partial charge is 0.306 e. The number of rotatable bonds is 6. The summed E-state index contributed by atoms with van der Waals surface area (Å²) in [6.07, 6.45) is 3.43. The van der Waals surface area contributed by atoms with Gasteiger partial charge in [0.1, 0.15) is 5.75 Å². The SMILES string of the molecule is COc1cccc(CC(C)NC(=O)C2CCCC(C(=O)O)C2)c1. The van der Waals surface area contributed by atoms with Crippen LogP contribution < -0.4 is 10.1 Å². The van der Waals surface area contributed by atoms with Crippen LogP contribution in [0.25, 0.3) is 0 Å². The van der Waals surface area contributed by atoms with Crippen LogP contribution in [0.2, 0.25) is 0 Å². The Hall–Kier alpha value is -2.04. The fraction of sp³-hybridized carbons (Fsp3) is 0.556. The first kappa shape index (κ1) is 17.3. The van der Waals surface area contributed by atoms with Gasteiger partial charge in [-0.15, -0.1) is 0 Å². The first-order chi connectivity index (χ1) is 11.0. The second-order valence-corrected chi connectivity index (χ2v) is 6.36. The molecular formula is C18H25NO4. The van der Waals surface area contributed by atoms with Gasteiger partial charge in [-0.1, -0.05) is 18.6 Å². The lowest BCUT2D eigenvalue weighted by Crippen LogP contribution is -2.40. The number of carbonyl (C=O) groups excluding carboxylic acids is 1. The number of hydrogen-bond acceptors (Lipinski definition) is 3. The highest BCUT2D eigenvalue weighted by Crippen LogP contribution is 2.29. The average Bonchev–Trinajstić information content (AvgIpc) is 2.55. The maximum absolute atomic E-state index is 12.4. The van der Waals surface area contributed by atoms with Crippen molar-refractivity contribution in [2.45, 2.75) is 45.1 Å². The molecule has 1 aliphatic carbocycles. The molecule has 0 aliphatic heterocycles. The summed E-state index contributed by atoms with van der Waals surface area (Å²) < 4.78 is 5.20. The van der Waals surface area contributed by atoms with Gasteiger partial charge in [0.05, 0.1) is 13.0 Å². The summed E-state index contributed by atoms with van der Waals surface area (Å²) in [6, 6.07) is 7.79. The summed E-state index contributed by atoms with van der Waals surface area (Å²) in [7, 11) is 1.63. The summed E-state index contributed by atoms with van der Waals surface area (Å²) in [5, 5.41) is 12.1. The van der Waals surface area contributed by atoms with E-state index < -0.39 is 5.97 Å². The van der Waals surface area contributed by atoms with Crippen LogP contribution in [0.1, 0.15) is 38.2 Å². The van der Waals surface area contributed by atoms with Gasteiger partial charge in [0.15, 0.2) is 0 Å². The van der Waals surface area contributed by atoms with Gasteiger partial charge < -0.3 is 15.2 Å². The first-order valence-electron chi connectivity index (χ1n) is 8.15. The molecule has 5 heteroatoms. The number of carboxylic acids is 1. The Morgan fingerprint density at radius 3 is 2.78 bits per heavy atom. The van der Waals surface area contributed by atoms with Crippen LogP contribution in [0, 0.1) is 11.8 Å². The van der Waals surface area contributed by atoms with Crippen LogP contribution in [0.4, 0.5) is 0 Å². The van der Waals surface area contributed by atoms with Gasteiger partial charge in [0.25, 0.3) is 0 Å². The van der Waals surface area contributed by atoms with Crippen LogP contribution in [0.5, 0.6) is 5.75 Å². The molecule has 23 heavy (non-hydrogen) atoms. The van der Waals surface area contributed by atoms with Crippen LogP contribution in [-0.4, -0.2) is 30.1 Å². The number of amides is 1. The standard InChI is InChI=1S/C18H25NO4/c1-12(9-13-5-3-8-16(10-13)23-2)19-17(20)14-6-4-7-15(11-14)18(21)22/h3,5,8,10,12,14-15H,4,6-7,9,11H2,1-2H3,(H,19,20)(H,21,22). The second kappa shape index (κ2) is 7.99. The summed E-state index contributed by atoms with van der Waals surface area (Å²) >= 11 is 0. The van der Waals surface area contributed by atoms with Crippen molar-refractivity contribution in [1.29, 1.82) is 0 Å². The molecule has 2 rings (SSSR count). The van der Waals surface area contributed by atoms with E-state index in [4.69, 9.17) is 9.84 Å². The van der Waals surface area contributed by atoms with Gasteiger partial charge in [-0.2, -0.15) is 0 Å². The number of nitrogens with one attached hydrogen (secondary N) is 1. The zero-order valence-electron chi connectivity index (χ0n) is 13.7. The van der Waals surface area contributed by atoms with Crippen molar-refractivity contribution in [3.8, 4) is 5.75 Å². The fourth-order valence-electron chi connectivity index (χ4n) is 3.22. The Labute approximate surface area is 137 Å². The van der Waals surface area contributed by atoms with E-state index in [1.165, 1.54) is 0 Å². The average molecular weight is 319 g/mol. The first-order valence-corrected chi connectivity index (χ1v) is 8.15. The summed E-state index contributed by atoms with van der Waals surface area (Å²) in [4.78, 5) is 23.5. The van der Waals surface area contributed by atoms with E-state index in [1.54, 1.807) is 7.11 Å². The van der Waals surface area contributed by atoms with E-state index in [0.29, 0.717) is 12.8 Å². The minimum absolute atomic E-state index is 0.000175. The maximum atomic E-state index is 12.4. The van der Waals surface area contributed by atoms with Crippen LogP contribution in [0.3, 0.4) is 0 Å². The number of hydrogen-bond donors (Lipinski definition) is 2. The molecule has 1 aromatic rings. The van der Waals surface area contributed by atoms with Gasteiger partial charge in [0, 0.05) is 12.0 Å². The number of benzene rings is 1. The third-order valence-corrected chi connectivity index (χ3v) is 4.46. The number of ether oxygens (including phenoxy) is 1. The predicted octanol–water partition coefficient (Wildman–Crippen LogP) is 2.63. The number of aliphatic carboxylic acids is 1. The highest BCUT2D eigenvalue weighted by molar-refractivity contribution is 5.80. The molecule has 0 radical (unpaired) electrons. The maximum Gasteiger partial charge on any atom is 0.306 e. The monoisotopic (exact) mass is 319 g/mol. The Bertz CT molecular complexity index is 558. The molecule has 1 aromatic carbocycles. The van der Waals surface area contributed by atoms with Crippen molar-refractivity contribution in [2.24, 2.45) is 11.8 Å². The van der Waals surface area contributed by atoms with Crippen molar-refractivity contribution >= 4 is 11.9 Å². The molecule has 1 amide bonds. The Morgan fingerprint density at radius 1 is 1.35 bits per heavy atom. The predicted molar refractivity (Wildman–Crippen MR) is 87.4 cm³/mol. The highest BCUT2D eigenvalue weighted by atomic mass is 16.5. The zero-order chi connectivity index (χ0) is 16.8. The second-order valence-electron chi connectivity index (χ2n) is 6.36. The molecule has 5 nitrogen and oxygen atoms in total. The van der Waals surface area contributed by atoms with Gasteiger partial charge in [-0.3, -0.25) is 9.59 Å². The van der Waals surface area contributed by atoms with Crippen LogP contribution >= 0.6 is 0 Å². The molecule has 126 valence electrons. The molecule has 1 aliphatic rings. The molecule has 1 fully saturated rings. The van der Waals surface area contributed by atoms with E-state index in [0.717, 1.165) is 30.6 Å². The molecule has 0 aromatic heterocycles. The van der Waals surface area contributed by atoms with Crippen molar-refractivity contribution < 1.29 is 19.4 Å². The molecule has 0 spiro atoms. The zero-order valence-corrected chi connectivity index (χ0v) is 13.7. The van der Waals surface area contributed by atoms with Crippen molar-refractivity contribution in [2.75, 3.05) is 7.11 Å². The number of carboxylic acid groups (broad SMARTS) is 1. The summed E-state index contributed by atoms with van der Waals surface area (Å²) in [5.41, 5.74) is 1.10. The van der Waals surface area contributed by atoms with Crippen molar-refractivity contribution in [3.05, 3.63) is 29.8 Å². The lowest BCUT2D eigenvalue weighted by atomic mass is 9.81. The van der Waals surface area contributed by atoms with Gasteiger partial charge >= 0.3 is 5.97 Å². The minimum atomic E-state index is -0.785. The number of carbonyl (C=O) groups is 2. The molecule has 2 N–H and O–H groups in total. The van der Waals surface area contributed by atoms with Crippen molar-refractivity contribution in [3.63, 3.8) is 0 Å². The fourth-order valence-corrected chi connectivity index (χ4v) is 3.22. The highest BCUT2D eigenvalue weighted by Gasteiger charge is 2.31. The van der Waals surface area contributed by atoms with E-state index >= 15 is 0 Å². The third kappa shape index (κ3) is 4.98. The van der Waals surface area contributed by atoms with Gasteiger partial charge in [0.2, 0.25) is 5.91 Å². The number of methoxy groups -OCH3 is 1. The van der Waals surface area contributed by atoms with Gasteiger partial charge in [-0.05, 0) is 50.3 Å². The Kier molecular flexibility index (Phi) is 6.02. The lowest BCUT2D eigenvalue weighted by molar-refractivity contribution is -0.144. The summed E-state index contributed by atoms with van der Waals surface area (Å²) in [5.74, 6) is -0.568. The molecule has 3 atom stereocenters. The topological polar surface area (TPSA) is 75.6 Å². The Balaban J connectivity index is 1.87. The third-order valence-electron chi connectivity index (χ3n) is 4.46. The van der Waals surface area contributed by atoms with E-state index in [1.807, 2.05) is 31.2 Å². The lowest BCUT2D eigenvalue weighted by Gasteiger charge is -2.27. The molecule has 0 saturated heterocycles. The molecule has 0 heterocycles. The van der Waals surface area contributed by atoms with Crippen LogP contribution in [0.15, 0.2) is 24.3 Å². The Morgan fingerprint density at radius 2 is 2.09 bits per heavy atom. The van der Waals surface area contributed by atoms with Crippen molar-refractivity contribution in [1.82, 2.24) is 5.32 Å². The normalized spacial score (nSPS) is 22.2. The van der Waals surface area contributed by atoms with E-state index in [2.05, 4.69) is 5.32 Å². The molecule has 0 bridgehead atoms. The quantitative estimate of drug-likeness (QED) is 0.845.